The summed E-state index contributed by atoms with van der Waals surface area (Å²) in [6.45, 7) is 3.95. The van der Waals surface area contributed by atoms with E-state index in [1.54, 1.807) is 14.2 Å². The summed E-state index contributed by atoms with van der Waals surface area (Å²) in [6, 6.07) is 25.9. The molecule has 0 unspecified atom stereocenters. The van der Waals surface area contributed by atoms with Crippen LogP contribution in [0.2, 0.25) is 0 Å². The lowest BCUT2D eigenvalue weighted by Crippen LogP contribution is -2.47. The average Bonchev–Trinajstić information content (AvgIpc) is 2.96. The predicted molar refractivity (Wildman–Crippen MR) is 148 cm³/mol. The minimum absolute atomic E-state index is 0.0837. The number of anilines is 2. The zero-order chi connectivity index (χ0) is 25.6. The number of pyridine rings is 1. The van der Waals surface area contributed by atoms with Gasteiger partial charge in [-0.3, -0.25) is 4.79 Å². The number of methoxy groups -OCH3 is 2. The van der Waals surface area contributed by atoms with E-state index in [1.807, 2.05) is 66.7 Å². The molecule has 5 rings (SSSR count). The van der Waals surface area contributed by atoms with Crippen molar-refractivity contribution >= 4 is 28.3 Å². The molecule has 0 spiro atoms. The Kier molecular flexibility index (Phi) is 7.40. The van der Waals surface area contributed by atoms with Gasteiger partial charge in [0.05, 0.1) is 25.3 Å². The van der Waals surface area contributed by atoms with Crippen molar-refractivity contribution in [3.8, 4) is 11.5 Å². The van der Waals surface area contributed by atoms with E-state index in [9.17, 15) is 4.79 Å². The lowest BCUT2D eigenvalue weighted by Gasteiger charge is -2.37. The second-order valence-corrected chi connectivity index (χ2v) is 9.07. The molecule has 7 nitrogen and oxygen atoms in total. The first kappa shape index (κ1) is 24.4. The van der Waals surface area contributed by atoms with Gasteiger partial charge in [-0.05, 0) is 60.5 Å². The Morgan fingerprint density at radius 2 is 1.57 bits per heavy atom. The van der Waals surface area contributed by atoms with Crippen LogP contribution in [-0.4, -0.2) is 57.8 Å². The quantitative estimate of drug-likeness (QED) is 0.386. The fourth-order valence-electron chi connectivity index (χ4n) is 4.74. The minimum Gasteiger partial charge on any atom is -0.497 e. The summed E-state index contributed by atoms with van der Waals surface area (Å²) < 4.78 is 10.6. The number of nitrogens with zero attached hydrogens (tertiary/aromatic N) is 3. The summed E-state index contributed by atoms with van der Waals surface area (Å²) in [5.41, 5.74) is 3.79. The van der Waals surface area contributed by atoms with Gasteiger partial charge in [0.1, 0.15) is 17.3 Å². The number of carbonyl (C=O) groups excluding carboxylic acids is 1. The van der Waals surface area contributed by atoms with Crippen LogP contribution < -0.4 is 24.6 Å². The number of para-hydroxylation sites is 1. The molecule has 1 aliphatic heterocycles. The zero-order valence-corrected chi connectivity index (χ0v) is 21.3. The molecule has 37 heavy (non-hydrogen) atoms. The number of rotatable bonds is 8. The zero-order valence-electron chi connectivity index (χ0n) is 21.3. The Hall–Kier alpha value is -4.26. The van der Waals surface area contributed by atoms with E-state index in [2.05, 4.69) is 27.2 Å². The Bertz CT molecular complexity index is 1370. The number of nitrogens with one attached hydrogen (secondary N) is 1. The van der Waals surface area contributed by atoms with Crippen molar-refractivity contribution < 1.29 is 14.3 Å². The van der Waals surface area contributed by atoms with Crippen LogP contribution in [0.1, 0.15) is 15.9 Å². The first-order chi connectivity index (χ1) is 18.1. The topological polar surface area (TPSA) is 66.9 Å². The van der Waals surface area contributed by atoms with Crippen molar-refractivity contribution in [2.45, 2.75) is 6.42 Å². The van der Waals surface area contributed by atoms with E-state index in [0.29, 0.717) is 12.1 Å². The molecule has 1 aliphatic rings. The summed E-state index contributed by atoms with van der Waals surface area (Å²) in [5, 5.41) is 3.96. The standard InChI is InChI=1S/C30H32N4O3/c1-36-24-12-10-23(11-13-24)33-16-18-34(19-17-33)29-21-27(26-8-3-4-9-28(26)32-29)30(35)31-15-14-22-6-5-7-25(20-22)37-2/h3-13,20-21H,14-19H2,1-2H3,(H,31,35). The number of amides is 1. The molecule has 7 heteroatoms. The van der Waals surface area contributed by atoms with Crippen LogP contribution in [0.3, 0.4) is 0 Å². The molecule has 190 valence electrons. The molecule has 0 bridgehead atoms. The lowest BCUT2D eigenvalue weighted by molar-refractivity contribution is 0.0955. The number of aromatic nitrogens is 1. The number of ether oxygens (including phenoxy) is 2. The third-order valence-corrected chi connectivity index (χ3v) is 6.82. The number of piperazine rings is 1. The maximum absolute atomic E-state index is 13.3. The molecule has 1 N–H and O–H groups in total. The average molecular weight is 497 g/mol. The largest absolute Gasteiger partial charge is 0.497 e. The highest BCUT2D eigenvalue weighted by atomic mass is 16.5. The molecular formula is C30H32N4O3. The van der Waals surface area contributed by atoms with Crippen molar-refractivity contribution in [1.82, 2.24) is 10.3 Å². The minimum atomic E-state index is -0.0837. The predicted octanol–water partition coefficient (Wildman–Crippen LogP) is 4.55. The molecule has 0 saturated carbocycles. The summed E-state index contributed by atoms with van der Waals surface area (Å²) in [5.74, 6) is 2.43. The summed E-state index contributed by atoms with van der Waals surface area (Å²) in [6.07, 6.45) is 0.728. The van der Waals surface area contributed by atoms with Gasteiger partial charge in [0.15, 0.2) is 0 Å². The van der Waals surface area contributed by atoms with Crippen LogP contribution in [0.4, 0.5) is 11.5 Å². The molecule has 1 aromatic heterocycles. The van der Waals surface area contributed by atoms with Crippen molar-refractivity contribution in [1.29, 1.82) is 0 Å². The smallest absolute Gasteiger partial charge is 0.252 e. The molecule has 0 radical (unpaired) electrons. The third-order valence-electron chi connectivity index (χ3n) is 6.82. The van der Waals surface area contributed by atoms with E-state index in [0.717, 1.165) is 66.4 Å². The van der Waals surface area contributed by atoms with E-state index in [-0.39, 0.29) is 5.91 Å². The monoisotopic (exact) mass is 496 g/mol. The first-order valence-electron chi connectivity index (χ1n) is 12.6. The van der Waals surface area contributed by atoms with Gasteiger partial charge in [0.25, 0.3) is 5.91 Å². The molecule has 0 aliphatic carbocycles. The molecule has 4 aromatic rings. The summed E-state index contributed by atoms with van der Waals surface area (Å²) >= 11 is 0. The maximum Gasteiger partial charge on any atom is 0.252 e. The van der Waals surface area contributed by atoms with Gasteiger partial charge in [-0.15, -0.1) is 0 Å². The highest BCUT2D eigenvalue weighted by Crippen LogP contribution is 2.26. The van der Waals surface area contributed by atoms with Crippen molar-refractivity contribution in [2.24, 2.45) is 0 Å². The second-order valence-electron chi connectivity index (χ2n) is 9.07. The van der Waals surface area contributed by atoms with Crippen molar-refractivity contribution in [3.05, 3.63) is 90.0 Å². The van der Waals surface area contributed by atoms with Crippen LogP contribution in [-0.2, 0) is 6.42 Å². The van der Waals surface area contributed by atoms with E-state index >= 15 is 0 Å². The Balaban J connectivity index is 1.29. The van der Waals surface area contributed by atoms with Crippen LogP contribution in [0, 0.1) is 0 Å². The molecule has 1 fully saturated rings. The van der Waals surface area contributed by atoms with E-state index in [4.69, 9.17) is 14.5 Å². The number of carbonyl (C=O) groups is 1. The number of fused-ring (bicyclic) bond motifs is 1. The molecular weight excluding hydrogens is 464 g/mol. The van der Waals surface area contributed by atoms with Gasteiger partial charge >= 0.3 is 0 Å². The fourth-order valence-corrected chi connectivity index (χ4v) is 4.74. The van der Waals surface area contributed by atoms with Gasteiger partial charge in [0, 0.05) is 43.8 Å². The van der Waals surface area contributed by atoms with Crippen LogP contribution in [0.25, 0.3) is 10.9 Å². The van der Waals surface area contributed by atoms with Gasteiger partial charge in [0.2, 0.25) is 0 Å². The first-order valence-corrected chi connectivity index (χ1v) is 12.6. The van der Waals surface area contributed by atoms with E-state index in [1.165, 1.54) is 5.69 Å². The highest BCUT2D eigenvalue weighted by molar-refractivity contribution is 6.07. The second kappa shape index (κ2) is 11.2. The Labute approximate surface area is 217 Å². The maximum atomic E-state index is 13.3. The third kappa shape index (κ3) is 5.61. The lowest BCUT2D eigenvalue weighted by atomic mass is 10.1. The number of hydrogen-bond acceptors (Lipinski definition) is 6. The normalized spacial score (nSPS) is 13.5. The van der Waals surface area contributed by atoms with Crippen LogP contribution >= 0.6 is 0 Å². The van der Waals surface area contributed by atoms with Crippen LogP contribution in [0.15, 0.2) is 78.9 Å². The van der Waals surface area contributed by atoms with E-state index < -0.39 is 0 Å². The highest BCUT2D eigenvalue weighted by Gasteiger charge is 2.21. The van der Waals surface area contributed by atoms with Gasteiger partial charge in [-0.2, -0.15) is 0 Å². The SMILES string of the molecule is COc1ccc(N2CCN(c3cc(C(=O)NCCc4cccc(OC)c4)c4ccccc4n3)CC2)cc1. The molecule has 2 heterocycles. The Morgan fingerprint density at radius 1 is 0.838 bits per heavy atom. The van der Waals surface area contributed by atoms with Crippen molar-refractivity contribution in [3.63, 3.8) is 0 Å². The summed E-state index contributed by atoms with van der Waals surface area (Å²) in [7, 11) is 3.34. The number of benzene rings is 3. The Morgan fingerprint density at radius 3 is 2.32 bits per heavy atom. The van der Waals surface area contributed by atoms with Crippen LogP contribution in [0.5, 0.6) is 11.5 Å². The van der Waals surface area contributed by atoms with Gasteiger partial charge in [-0.25, -0.2) is 4.98 Å². The fraction of sp³-hybridized carbons (Fsp3) is 0.267. The van der Waals surface area contributed by atoms with Gasteiger partial charge < -0.3 is 24.6 Å². The molecule has 0 atom stereocenters. The molecule has 3 aromatic carbocycles. The van der Waals surface area contributed by atoms with Crippen molar-refractivity contribution in [2.75, 3.05) is 56.7 Å². The molecule has 1 amide bonds. The number of hydrogen-bond donors (Lipinski definition) is 1. The summed E-state index contributed by atoms with van der Waals surface area (Å²) in [4.78, 5) is 22.8. The van der Waals surface area contributed by atoms with Gasteiger partial charge in [-0.1, -0.05) is 30.3 Å². The molecule has 1 saturated heterocycles.